The Morgan fingerprint density at radius 1 is 0.900 bits per heavy atom. The molecule has 0 fully saturated rings. The third kappa shape index (κ3) is 6.93. The van der Waals surface area contributed by atoms with E-state index in [1.165, 1.54) is 44.4 Å². The van der Waals surface area contributed by atoms with Crippen LogP contribution < -0.4 is 19.1 Å². The molecule has 0 saturated heterocycles. The molecule has 0 heterocycles. The summed E-state index contributed by atoms with van der Waals surface area (Å²) in [4.78, 5) is 28.2. The van der Waals surface area contributed by atoms with E-state index in [9.17, 15) is 18.0 Å². The number of hydrogen-bond donors (Lipinski definition) is 1. The first-order valence-electron chi connectivity index (χ1n) is 12.9. The Morgan fingerprint density at radius 2 is 1.57 bits per heavy atom. The van der Waals surface area contributed by atoms with Gasteiger partial charge in [0, 0.05) is 19.7 Å². The van der Waals surface area contributed by atoms with Gasteiger partial charge in [-0.15, -0.1) is 0 Å². The molecule has 0 aliphatic heterocycles. The molecule has 3 rings (SSSR count). The molecule has 0 aliphatic carbocycles. The maximum Gasteiger partial charge on any atom is 0.264 e. The number of rotatable bonds is 12. The van der Waals surface area contributed by atoms with E-state index in [0.29, 0.717) is 17.9 Å². The Kier molecular flexibility index (Phi) is 10.2. The number of nitrogens with zero attached hydrogens (tertiary/aromatic N) is 2. The van der Waals surface area contributed by atoms with Gasteiger partial charge in [-0.1, -0.05) is 54.4 Å². The number of carbonyl (C=O) groups excluding carboxylic acids is 2. The van der Waals surface area contributed by atoms with Crippen molar-refractivity contribution >= 4 is 27.5 Å². The van der Waals surface area contributed by atoms with E-state index in [0.717, 1.165) is 21.0 Å². The first-order chi connectivity index (χ1) is 19.0. The van der Waals surface area contributed by atoms with Gasteiger partial charge in [0.15, 0.2) is 11.5 Å². The van der Waals surface area contributed by atoms with Gasteiger partial charge in [0.05, 0.1) is 24.8 Å². The zero-order valence-electron chi connectivity index (χ0n) is 23.8. The average Bonchev–Trinajstić information content (AvgIpc) is 2.95. The van der Waals surface area contributed by atoms with E-state index in [1.54, 1.807) is 24.3 Å². The van der Waals surface area contributed by atoms with Crippen LogP contribution in [0.5, 0.6) is 11.5 Å². The summed E-state index contributed by atoms with van der Waals surface area (Å²) in [6, 6.07) is 18.0. The lowest BCUT2D eigenvalue weighted by molar-refractivity contribution is -0.140. The smallest absolute Gasteiger partial charge is 0.264 e. The van der Waals surface area contributed by atoms with E-state index >= 15 is 0 Å². The minimum absolute atomic E-state index is 0.0675. The highest BCUT2D eigenvalue weighted by molar-refractivity contribution is 7.92. The number of nitrogens with one attached hydrogen (secondary N) is 1. The van der Waals surface area contributed by atoms with Crippen molar-refractivity contribution in [3.05, 3.63) is 83.4 Å². The maximum atomic E-state index is 14.1. The van der Waals surface area contributed by atoms with Crippen LogP contribution in [0.25, 0.3) is 0 Å². The molecule has 1 atom stereocenters. The molecule has 2 amide bonds. The molecular formula is C30H37N3O6S. The first-order valence-corrected chi connectivity index (χ1v) is 14.4. The standard InChI is InChI=1S/C30H37N3O6S/c1-7-26(30(35)31-4)32(19-23-10-8-9-22(3)17-23)29(34)20-33(24-13-11-21(2)12-14-24)40(36,37)25-15-16-27(38-5)28(18-25)39-6/h8-18,26H,7,19-20H2,1-6H3,(H,31,35)/t26-/m1/s1. The number of carbonyl (C=O) groups is 2. The summed E-state index contributed by atoms with van der Waals surface area (Å²) in [5.74, 6) is -0.222. The van der Waals surface area contributed by atoms with Crippen LogP contribution in [-0.4, -0.2) is 59.0 Å². The number of anilines is 1. The summed E-state index contributed by atoms with van der Waals surface area (Å²) in [5.41, 5.74) is 3.10. The maximum absolute atomic E-state index is 14.1. The summed E-state index contributed by atoms with van der Waals surface area (Å²) >= 11 is 0. The van der Waals surface area contributed by atoms with E-state index in [-0.39, 0.29) is 23.1 Å². The van der Waals surface area contributed by atoms with Crippen LogP contribution in [0.1, 0.15) is 30.0 Å². The first kappa shape index (κ1) is 30.5. The molecule has 0 aliphatic rings. The molecule has 3 aromatic rings. The Hall–Kier alpha value is -4.05. The van der Waals surface area contributed by atoms with E-state index in [1.807, 2.05) is 45.0 Å². The molecular weight excluding hydrogens is 530 g/mol. The molecule has 40 heavy (non-hydrogen) atoms. The van der Waals surface area contributed by atoms with Gasteiger partial charge in [-0.25, -0.2) is 8.42 Å². The lowest BCUT2D eigenvalue weighted by atomic mass is 10.1. The molecule has 9 nitrogen and oxygen atoms in total. The molecule has 3 aromatic carbocycles. The zero-order valence-corrected chi connectivity index (χ0v) is 24.6. The molecule has 214 valence electrons. The fraction of sp³-hybridized carbons (Fsp3) is 0.333. The second-order valence-corrected chi connectivity index (χ2v) is 11.3. The SMILES string of the molecule is CC[C@H](C(=O)NC)N(Cc1cccc(C)c1)C(=O)CN(c1ccc(C)cc1)S(=O)(=O)c1ccc(OC)c(OC)c1. The number of likely N-dealkylation sites (N-methyl/N-ethyl adjacent to an activating group) is 1. The number of sulfonamides is 1. The Balaban J connectivity index is 2.09. The average molecular weight is 568 g/mol. The predicted molar refractivity (Wildman–Crippen MR) is 155 cm³/mol. The minimum Gasteiger partial charge on any atom is -0.493 e. The summed E-state index contributed by atoms with van der Waals surface area (Å²) in [5, 5.41) is 2.63. The monoisotopic (exact) mass is 567 g/mol. The van der Waals surface area contributed by atoms with Crippen LogP contribution in [0.2, 0.25) is 0 Å². The predicted octanol–water partition coefficient (Wildman–Crippen LogP) is 4.07. The highest BCUT2D eigenvalue weighted by Crippen LogP contribution is 2.32. The summed E-state index contributed by atoms with van der Waals surface area (Å²) in [6.07, 6.45) is 0.351. The lowest BCUT2D eigenvalue weighted by Gasteiger charge is -2.33. The van der Waals surface area contributed by atoms with Crippen LogP contribution in [0.3, 0.4) is 0 Å². The van der Waals surface area contributed by atoms with Crippen LogP contribution in [0, 0.1) is 13.8 Å². The largest absolute Gasteiger partial charge is 0.493 e. The number of amides is 2. The van der Waals surface area contributed by atoms with Crippen molar-refractivity contribution in [3.8, 4) is 11.5 Å². The Bertz CT molecular complexity index is 1440. The van der Waals surface area contributed by atoms with Crippen molar-refractivity contribution in [2.24, 2.45) is 0 Å². The number of methoxy groups -OCH3 is 2. The van der Waals surface area contributed by atoms with Crippen LogP contribution in [0.4, 0.5) is 5.69 Å². The normalized spacial score (nSPS) is 11.8. The highest BCUT2D eigenvalue weighted by atomic mass is 32.2. The number of ether oxygens (including phenoxy) is 2. The minimum atomic E-state index is -4.24. The number of aryl methyl sites for hydroxylation is 2. The van der Waals surface area contributed by atoms with Crippen molar-refractivity contribution in [2.75, 3.05) is 32.1 Å². The topological polar surface area (TPSA) is 105 Å². The molecule has 0 unspecified atom stereocenters. The van der Waals surface area contributed by atoms with E-state index in [4.69, 9.17) is 9.47 Å². The van der Waals surface area contributed by atoms with Crippen molar-refractivity contribution < 1.29 is 27.5 Å². The van der Waals surface area contributed by atoms with Gasteiger partial charge in [-0.3, -0.25) is 13.9 Å². The molecule has 0 spiro atoms. The zero-order chi connectivity index (χ0) is 29.4. The van der Waals surface area contributed by atoms with E-state index in [2.05, 4.69) is 5.32 Å². The molecule has 0 saturated carbocycles. The quantitative estimate of drug-likeness (QED) is 0.354. The van der Waals surface area contributed by atoms with Crippen molar-refractivity contribution in [1.82, 2.24) is 10.2 Å². The van der Waals surface area contributed by atoms with Gasteiger partial charge in [-0.2, -0.15) is 0 Å². The Morgan fingerprint density at radius 3 is 2.15 bits per heavy atom. The Labute approximate surface area is 236 Å². The van der Waals surface area contributed by atoms with Crippen molar-refractivity contribution in [3.63, 3.8) is 0 Å². The van der Waals surface area contributed by atoms with E-state index < -0.39 is 28.5 Å². The summed E-state index contributed by atoms with van der Waals surface area (Å²) < 4.78 is 39.8. The van der Waals surface area contributed by atoms with Gasteiger partial charge in [0.1, 0.15) is 12.6 Å². The number of benzene rings is 3. The molecule has 0 aromatic heterocycles. The van der Waals surface area contributed by atoms with Gasteiger partial charge in [0.25, 0.3) is 10.0 Å². The van der Waals surface area contributed by atoms with Crippen LogP contribution in [0.15, 0.2) is 71.6 Å². The number of hydrogen-bond acceptors (Lipinski definition) is 6. The second kappa shape index (κ2) is 13.3. The summed E-state index contributed by atoms with van der Waals surface area (Å²) in [7, 11) is 0.153. The van der Waals surface area contributed by atoms with Gasteiger partial charge in [-0.05, 0) is 50.1 Å². The molecule has 0 bridgehead atoms. The van der Waals surface area contributed by atoms with Gasteiger partial charge in [0.2, 0.25) is 11.8 Å². The van der Waals surface area contributed by atoms with Gasteiger partial charge < -0.3 is 19.7 Å². The van der Waals surface area contributed by atoms with Gasteiger partial charge >= 0.3 is 0 Å². The van der Waals surface area contributed by atoms with Crippen LogP contribution >= 0.6 is 0 Å². The highest BCUT2D eigenvalue weighted by Gasteiger charge is 2.33. The lowest BCUT2D eigenvalue weighted by Crippen LogP contribution is -2.51. The fourth-order valence-electron chi connectivity index (χ4n) is 4.44. The third-order valence-electron chi connectivity index (χ3n) is 6.61. The summed E-state index contributed by atoms with van der Waals surface area (Å²) in [6.45, 7) is 5.28. The van der Waals surface area contributed by atoms with Crippen molar-refractivity contribution in [2.45, 2.75) is 44.7 Å². The molecule has 10 heteroatoms. The second-order valence-electron chi connectivity index (χ2n) is 9.41. The van der Waals surface area contributed by atoms with Crippen molar-refractivity contribution in [1.29, 1.82) is 0 Å². The third-order valence-corrected chi connectivity index (χ3v) is 8.38. The molecule has 1 N–H and O–H groups in total. The molecule has 0 radical (unpaired) electrons. The van der Waals surface area contributed by atoms with Crippen LogP contribution in [-0.2, 0) is 26.2 Å². The fourth-order valence-corrected chi connectivity index (χ4v) is 5.87.